The van der Waals surface area contributed by atoms with E-state index in [9.17, 15) is 8.42 Å². The van der Waals surface area contributed by atoms with Gasteiger partial charge in [-0.25, -0.2) is 13.0 Å². The molecule has 190 valence electrons. The zero-order valence-corrected chi connectivity index (χ0v) is 21.6. The van der Waals surface area contributed by atoms with Gasteiger partial charge in [-0.05, 0) is 12.3 Å². The molecule has 4 N–H and O–H groups in total. The molecule has 0 saturated carbocycles. The first-order chi connectivity index (χ1) is 14.5. The van der Waals surface area contributed by atoms with Crippen molar-refractivity contribution in [2.75, 3.05) is 18.1 Å². The van der Waals surface area contributed by atoms with Crippen molar-refractivity contribution in [2.45, 2.75) is 117 Å². The summed E-state index contributed by atoms with van der Waals surface area (Å²) in [6.07, 6.45) is 20.8. The molecular formula is C22H49O7PS. The van der Waals surface area contributed by atoms with Gasteiger partial charge >= 0.3 is 7.82 Å². The monoisotopic (exact) mass is 488 g/mol. The first kappa shape index (κ1) is 33.2. The Morgan fingerprint density at radius 1 is 0.677 bits per heavy atom. The number of sulfone groups is 1. The van der Waals surface area contributed by atoms with E-state index in [0.29, 0.717) is 0 Å². The smallest absolute Gasteiger partial charge is 0.396 e. The molecule has 0 aromatic rings. The molecule has 0 aromatic carbocycles. The van der Waals surface area contributed by atoms with Crippen LogP contribution in [-0.4, -0.2) is 46.3 Å². The fourth-order valence-electron chi connectivity index (χ4n) is 3.44. The van der Waals surface area contributed by atoms with Crippen LogP contribution < -0.4 is 0 Å². The van der Waals surface area contributed by atoms with Crippen LogP contribution in [0.25, 0.3) is 0 Å². The minimum Gasteiger partial charge on any atom is -0.396 e. The maximum atomic E-state index is 11.8. The highest BCUT2D eigenvalue weighted by atomic mass is 32.2. The van der Waals surface area contributed by atoms with Crippen molar-refractivity contribution in [3.05, 3.63) is 0 Å². The molecule has 0 fully saturated rings. The number of aliphatic hydroxyl groups excluding tert-OH is 1. The lowest BCUT2D eigenvalue weighted by molar-refractivity contribution is 0.249. The summed E-state index contributed by atoms with van der Waals surface area (Å²) in [6.45, 7) is 4.01. The summed E-state index contributed by atoms with van der Waals surface area (Å²) in [5.41, 5.74) is 0. The summed E-state index contributed by atoms with van der Waals surface area (Å²) in [4.78, 5) is 21.6. The van der Waals surface area contributed by atoms with Crippen LogP contribution in [0.1, 0.15) is 117 Å². The van der Waals surface area contributed by atoms with E-state index < -0.39 is 17.7 Å². The van der Waals surface area contributed by atoms with E-state index in [4.69, 9.17) is 24.4 Å². The topological polar surface area (TPSA) is 132 Å². The summed E-state index contributed by atoms with van der Waals surface area (Å²) < 4.78 is 32.6. The predicted octanol–water partition coefficient (Wildman–Crippen LogP) is 5.36. The van der Waals surface area contributed by atoms with Crippen LogP contribution in [0, 0.1) is 5.92 Å². The van der Waals surface area contributed by atoms with Gasteiger partial charge in [0.25, 0.3) is 0 Å². The predicted molar refractivity (Wildman–Crippen MR) is 129 cm³/mol. The van der Waals surface area contributed by atoms with Crippen molar-refractivity contribution in [1.29, 1.82) is 0 Å². The van der Waals surface area contributed by atoms with Crippen LogP contribution in [0.2, 0.25) is 0 Å². The molecule has 1 unspecified atom stereocenters. The molecule has 0 aliphatic heterocycles. The average Bonchev–Trinajstić information content (AvgIpc) is 2.66. The first-order valence-corrected chi connectivity index (χ1v) is 15.5. The zero-order chi connectivity index (χ0) is 24.0. The molecule has 9 heteroatoms. The standard InChI is InChI=1S/C22H46O3S.H3O4P/c1-3-4-5-6-7-8-9-10-11-12-13-14-15-16-17-18-19-26(24,25)21-22(2)20-23;1-5(2,3)4/h22-23H,3-21H2,1-2H3;(H3,1,2,3,4). The Kier molecular flexibility index (Phi) is 23.4. The summed E-state index contributed by atoms with van der Waals surface area (Å²) in [6, 6.07) is 0. The van der Waals surface area contributed by atoms with Crippen LogP contribution in [0.3, 0.4) is 0 Å². The molecule has 0 bridgehead atoms. The van der Waals surface area contributed by atoms with Crippen molar-refractivity contribution >= 4 is 17.7 Å². The second-order valence-corrected chi connectivity index (χ2v) is 12.0. The summed E-state index contributed by atoms with van der Waals surface area (Å²) in [5, 5.41) is 8.95. The normalized spacial score (nSPS) is 13.0. The molecule has 0 radical (unpaired) electrons. The van der Waals surface area contributed by atoms with E-state index in [-0.39, 0.29) is 24.0 Å². The van der Waals surface area contributed by atoms with E-state index in [0.717, 1.165) is 19.3 Å². The highest BCUT2D eigenvalue weighted by molar-refractivity contribution is 7.91. The van der Waals surface area contributed by atoms with Crippen LogP contribution >= 0.6 is 7.82 Å². The Bertz CT molecular complexity index is 512. The molecular weight excluding hydrogens is 439 g/mol. The number of rotatable bonds is 20. The number of hydrogen-bond acceptors (Lipinski definition) is 4. The lowest BCUT2D eigenvalue weighted by atomic mass is 10.0. The summed E-state index contributed by atoms with van der Waals surface area (Å²) >= 11 is 0. The van der Waals surface area contributed by atoms with Gasteiger partial charge in [-0.3, -0.25) is 0 Å². The minimum atomic E-state index is -4.64. The Morgan fingerprint density at radius 2 is 0.968 bits per heavy atom. The maximum absolute atomic E-state index is 11.8. The van der Waals surface area contributed by atoms with Gasteiger partial charge in [0.15, 0.2) is 9.84 Å². The van der Waals surface area contributed by atoms with E-state index >= 15 is 0 Å². The second kappa shape index (κ2) is 21.8. The Balaban J connectivity index is 0. The van der Waals surface area contributed by atoms with Gasteiger partial charge in [-0.1, -0.05) is 110 Å². The first-order valence-electron chi connectivity index (χ1n) is 12.1. The van der Waals surface area contributed by atoms with E-state index in [2.05, 4.69) is 6.92 Å². The van der Waals surface area contributed by atoms with E-state index in [1.54, 1.807) is 6.92 Å². The largest absolute Gasteiger partial charge is 0.466 e. The molecule has 0 amide bonds. The molecule has 0 saturated heterocycles. The lowest BCUT2D eigenvalue weighted by Crippen LogP contribution is -2.19. The second-order valence-electron chi connectivity index (χ2n) is 8.72. The number of hydrogen-bond donors (Lipinski definition) is 4. The quantitative estimate of drug-likeness (QED) is 0.134. The van der Waals surface area contributed by atoms with Crippen LogP contribution in [0.4, 0.5) is 0 Å². The number of aliphatic hydroxyl groups is 1. The molecule has 1 atom stereocenters. The molecule has 0 heterocycles. The fourth-order valence-corrected chi connectivity index (χ4v) is 5.22. The van der Waals surface area contributed by atoms with E-state index in [1.165, 1.54) is 83.5 Å². The Labute approximate surface area is 191 Å². The summed E-state index contributed by atoms with van der Waals surface area (Å²) in [5.74, 6) is 0.277. The highest BCUT2D eigenvalue weighted by Gasteiger charge is 2.14. The molecule has 0 spiro atoms. The molecule has 7 nitrogen and oxygen atoms in total. The van der Waals surface area contributed by atoms with Gasteiger partial charge in [0, 0.05) is 6.61 Å². The van der Waals surface area contributed by atoms with Gasteiger partial charge in [-0.2, -0.15) is 0 Å². The lowest BCUT2D eigenvalue weighted by Gasteiger charge is -2.08. The third-order valence-corrected chi connectivity index (χ3v) is 7.15. The van der Waals surface area contributed by atoms with Crippen molar-refractivity contribution in [2.24, 2.45) is 5.92 Å². The SMILES string of the molecule is CCCCCCCCCCCCCCCCCCS(=O)(=O)CC(C)CO.O=P(O)(O)O. The van der Waals surface area contributed by atoms with Crippen LogP contribution in [0.5, 0.6) is 0 Å². The Morgan fingerprint density at radius 3 is 1.26 bits per heavy atom. The Hall–Kier alpha value is 0.0200. The van der Waals surface area contributed by atoms with Crippen LogP contribution in [-0.2, 0) is 14.4 Å². The van der Waals surface area contributed by atoms with Crippen molar-refractivity contribution in [3.63, 3.8) is 0 Å². The van der Waals surface area contributed by atoms with Gasteiger partial charge in [0.1, 0.15) is 0 Å². The molecule has 0 rings (SSSR count). The number of phosphoric acid groups is 1. The molecule has 0 aliphatic carbocycles. The third-order valence-electron chi connectivity index (χ3n) is 5.16. The van der Waals surface area contributed by atoms with Crippen molar-refractivity contribution in [3.8, 4) is 0 Å². The maximum Gasteiger partial charge on any atom is 0.466 e. The van der Waals surface area contributed by atoms with Crippen molar-refractivity contribution < 1.29 is 32.8 Å². The molecule has 31 heavy (non-hydrogen) atoms. The van der Waals surface area contributed by atoms with E-state index in [1.807, 2.05) is 0 Å². The zero-order valence-electron chi connectivity index (χ0n) is 19.9. The minimum absolute atomic E-state index is 0.0435. The highest BCUT2D eigenvalue weighted by Crippen LogP contribution is 2.25. The number of unbranched alkanes of at least 4 members (excludes halogenated alkanes) is 15. The van der Waals surface area contributed by atoms with Gasteiger partial charge < -0.3 is 19.8 Å². The third kappa shape index (κ3) is 34.8. The van der Waals surface area contributed by atoms with Gasteiger partial charge in [0.05, 0.1) is 11.5 Å². The van der Waals surface area contributed by atoms with Gasteiger partial charge in [0.2, 0.25) is 0 Å². The summed E-state index contributed by atoms with van der Waals surface area (Å²) in [7, 11) is -7.61. The molecule has 0 aromatic heterocycles. The fraction of sp³-hybridized carbons (Fsp3) is 1.00. The molecule has 0 aliphatic rings. The van der Waals surface area contributed by atoms with Gasteiger partial charge in [-0.15, -0.1) is 0 Å². The van der Waals surface area contributed by atoms with Crippen LogP contribution in [0.15, 0.2) is 0 Å². The van der Waals surface area contributed by atoms with Crippen molar-refractivity contribution in [1.82, 2.24) is 0 Å². The average molecular weight is 489 g/mol.